The van der Waals surface area contributed by atoms with Crippen LogP contribution in [-0.2, 0) is 6.18 Å². The van der Waals surface area contributed by atoms with Crippen molar-refractivity contribution in [3.05, 3.63) is 5.82 Å². The molecule has 0 saturated heterocycles. The lowest BCUT2D eigenvalue weighted by Gasteiger charge is -2.20. The van der Waals surface area contributed by atoms with Gasteiger partial charge in [-0.1, -0.05) is 12.8 Å². The van der Waals surface area contributed by atoms with Gasteiger partial charge in [0.2, 0.25) is 0 Å². The number of ether oxygens (including phenoxy) is 1. The predicted molar refractivity (Wildman–Crippen MR) is 60.4 cm³/mol. The van der Waals surface area contributed by atoms with E-state index in [1.54, 1.807) is 0 Å². The summed E-state index contributed by atoms with van der Waals surface area (Å²) in [7, 11) is 0. The first-order valence-electron chi connectivity index (χ1n) is 5.80. The minimum absolute atomic E-state index is 0.0512. The van der Waals surface area contributed by atoms with Gasteiger partial charge in [-0.25, -0.2) is 0 Å². The van der Waals surface area contributed by atoms with Gasteiger partial charge in [-0.15, -0.1) is 0 Å². The van der Waals surface area contributed by atoms with Crippen LogP contribution in [0.15, 0.2) is 0 Å². The van der Waals surface area contributed by atoms with E-state index in [-0.39, 0.29) is 17.3 Å². The molecule has 1 fully saturated rings. The maximum atomic E-state index is 12.3. The first-order chi connectivity index (χ1) is 8.47. The van der Waals surface area contributed by atoms with Crippen LogP contribution in [0.1, 0.15) is 37.9 Å². The van der Waals surface area contributed by atoms with Gasteiger partial charge in [-0.05, 0) is 19.3 Å². The largest absolute Gasteiger partial charge is 0.464 e. The summed E-state index contributed by atoms with van der Waals surface area (Å²) in [6.45, 7) is 0. The smallest absolute Gasteiger partial charge is 0.452 e. The fraction of sp³-hybridized carbons (Fsp3) is 0.800. The molecule has 2 rings (SSSR count). The van der Waals surface area contributed by atoms with Gasteiger partial charge in [0, 0.05) is 17.6 Å². The predicted octanol–water partition coefficient (Wildman–Crippen LogP) is 2.60. The van der Waals surface area contributed by atoms with E-state index in [0.717, 1.165) is 32.1 Å². The summed E-state index contributed by atoms with van der Waals surface area (Å²) in [4.78, 5) is 3.35. The second kappa shape index (κ2) is 5.40. The minimum Gasteiger partial charge on any atom is -0.464 e. The molecule has 18 heavy (non-hydrogen) atoms. The van der Waals surface area contributed by atoms with Gasteiger partial charge in [0.1, 0.15) is 6.10 Å². The third-order valence-corrected chi connectivity index (χ3v) is 3.52. The average molecular weight is 281 g/mol. The van der Waals surface area contributed by atoms with Gasteiger partial charge in [0.05, 0.1) is 0 Å². The second-order valence-electron chi connectivity index (χ2n) is 4.34. The Hall–Kier alpha value is -0.890. The van der Waals surface area contributed by atoms with Gasteiger partial charge in [0.15, 0.2) is 0 Å². The molecule has 0 radical (unpaired) electrons. The molecule has 1 aliphatic rings. The Morgan fingerprint density at radius 3 is 2.61 bits per heavy atom. The lowest BCUT2D eigenvalue weighted by atomic mass is 10.1. The monoisotopic (exact) mass is 281 g/mol. The van der Waals surface area contributed by atoms with E-state index in [0.29, 0.717) is 11.5 Å². The molecular formula is C10H14F3N3OS. The molecule has 0 bridgehead atoms. The van der Waals surface area contributed by atoms with Crippen molar-refractivity contribution in [3.63, 3.8) is 0 Å². The van der Waals surface area contributed by atoms with Crippen LogP contribution in [0.3, 0.4) is 0 Å². The van der Waals surface area contributed by atoms with Crippen molar-refractivity contribution in [2.75, 3.05) is 0 Å². The van der Waals surface area contributed by atoms with E-state index in [9.17, 15) is 13.2 Å². The summed E-state index contributed by atoms with van der Waals surface area (Å²) in [5.41, 5.74) is 5.93. The van der Waals surface area contributed by atoms with Gasteiger partial charge in [0.25, 0.3) is 11.0 Å². The molecule has 0 spiro atoms. The Labute approximate surface area is 107 Å². The van der Waals surface area contributed by atoms with Crippen LogP contribution in [-0.4, -0.2) is 21.5 Å². The molecule has 0 amide bonds. The number of nitrogens with two attached hydrogens (primary N) is 1. The van der Waals surface area contributed by atoms with Gasteiger partial charge >= 0.3 is 6.18 Å². The fourth-order valence-corrected chi connectivity index (χ4v) is 2.55. The van der Waals surface area contributed by atoms with E-state index in [2.05, 4.69) is 9.36 Å². The topological polar surface area (TPSA) is 61.0 Å². The van der Waals surface area contributed by atoms with E-state index >= 15 is 0 Å². The number of hydrogen-bond donors (Lipinski definition) is 1. The minimum atomic E-state index is -4.52. The first-order valence-corrected chi connectivity index (χ1v) is 6.57. The van der Waals surface area contributed by atoms with Crippen molar-refractivity contribution in [3.8, 4) is 5.19 Å². The van der Waals surface area contributed by atoms with Crippen LogP contribution >= 0.6 is 11.5 Å². The summed E-state index contributed by atoms with van der Waals surface area (Å²) >= 11 is 0.620. The van der Waals surface area contributed by atoms with Crippen molar-refractivity contribution < 1.29 is 17.9 Å². The Bertz CT molecular complexity index is 396. The third-order valence-electron chi connectivity index (χ3n) is 2.92. The highest BCUT2D eigenvalue weighted by Crippen LogP contribution is 2.31. The molecule has 2 atom stereocenters. The van der Waals surface area contributed by atoms with Crippen LogP contribution < -0.4 is 10.5 Å². The molecule has 102 valence electrons. The Morgan fingerprint density at radius 1 is 1.22 bits per heavy atom. The van der Waals surface area contributed by atoms with Gasteiger partial charge < -0.3 is 10.5 Å². The summed E-state index contributed by atoms with van der Waals surface area (Å²) in [5.74, 6) is -1.15. The van der Waals surface area contributed by atoms with Gasteiger partial charge in [-0.3, -0.25) is 0 Å². The van der Waals surface area contributed by atoms with E-state index in [1.165, 1.54) is 0 Å². The zero-order valence-electron chi connectivity index (χ0n) is 9.61. The number of nitrogens with zero attached hydrogens (tertiary/aromatic N) is 2. The van der Waals surface area contributed by atoms with Crippen LogP contribution in [0, 0.1) is 0 Å². The highest BCUT2D eigenvalue weighted by atomic mass is 32.1. The molecule has 0 aromatic carbocycles. The van der Waals surface area contributed by atoms with Crippen molar-refractivity contribution in [2.45, 2.75) is 50.4 Å². The third kappa shape index (κ3) is 3.32. The molecule has 0 aliphatic heterocycles. The van der Waals surface area contributed by atoms with Crippen molar-refractivity contribution in [2.24, 2.45) is 5.73 Å². The van der Waals surface area contributed by atoms with E-state index in [1.807, 2.05) is 0 Å². The standard InChI is InChI=1S/C10H14F3N3OS/c11-10(12,13)8-15-9(18-16-8)17-7-5-3-1-2-4-6(7)14/h6-7H,1-5,14H2. The number of halogens is 3. The van der Waals surface area contributed by atoms with Crippen molar-refractivity contribution >= 4 is 11.5 Å². The number of rotatable bonds is 2. The normalized spacial score (nSPS) is 25.8. The highest BCUT2D eigenvalue weighted by molar-refractivity contribution is 7.07. The number of hydrogen-bond acceptors (Lipinski definition) is 5. The molecule has 1 aromatic heterocycles. The van der Waals surface area contributed by atoms with Crippen molar-refractivity contribution in [1.82, 2.24) is 9.36 Å². The molecule has 1 heterocycles. The molecule has 1 aliphatic carbocycles. The Morgan fingerprint density at radius 2 is 1.94 bits per heavy atom. The lowest BCUT2D eigenvalue weighted by Crippen LogP contribution is -2.37. The second-order valence-corrected chi connectivity index (χ2v) is 5.05. The quantitative estimate of drug-likeness (QED) is 0.846. The van der Waals surface area contributed by atoms with Crippen LogP contribution in [0.25, 0.3) is 0 Å². The molecule has 2 unspecified atom stereocenters. The molecule has 1 saturated carbocycles. The summed E-state index contributed by atoms with van der Waals surface area (Å²) in [6, 6.07) is -0.147. The van der Waals surface area contributed by atoms with Crippen LogP contribution in [0.5, 0.6) is 5.19 Å². The lowest BCUT2D eigenvalue weighted by molar-refractivity contribution is -0.144. The van der Waals surface area contributed by atoms with Gasteiger partial charge in [-0.2, -0.15) is 22.5 Å². The summed E-state index contributed by atoms with van der Waals surface area (Å²) < 4.78 is 45.7. The zero-order valence-corrected chi connectivity index (χ0v) is 10.4. The molecule has 4 nitrogen and oxygen atoms in total. The maximum Gasteiger partial charge on any atom is 0.452 e. The average Bonchev–Trinajstić information content (AvgIpc) is 2.66. The SMILES string of the molecule is NC1CCCCCC1Oc1nc(C(F)(F)F)ns1. The molecule has 8 heteroatoms. The van der Waals surface area contributed by atoms with E-state index in [4.69, 9.17) is 10.5 Å². The fourth-order valence-electron chi connectivity index (χ4n) is 1.95. The van der Waals surface area contributed by atoms with Crippen molar-refractivity contribution in [1.29, 1.82) is 0 Å². The molecule has 1 aromatic rings. The van der Waals surface area contributed by atoms with Crippen LogP contribution in [0.2, 0.25) is 0 Å². The Balaban J connectivity index is 2.02. The highest BCUT2D eigenvalue weighted by Gasteiger charge is 2.36. The van der Waals surface area contributed by atoms with Crippen LogP contribution in [0.4, 0.5) is 13.2 Å². The molecule has 2 N–H and O–H groups in total. The summed E-state index contributed by atoms with van der Waals surface area (Å²) in [5, 5.41) is -0.0512. The summed E-state index contributed by atoms with van der Waals surface area (Å²) in [6.07, 6.45) is -0.117. The maximum absolute atomic E-state index is 12.3. The van der Waals surface area contributed by atoms with E-state index < -0.39 is 12.0 Å². The number of aromatic nitrogens is 2. The zero-order chi connectivity index (χ0) is 13.2. The molecular weight excluding hydrogens is 267 g/mol. The number of alkyl halides is 3. The Kier molecular flexibility index (Phi) is 4.06. The first kappa shape index (κ1) is 13.5.